The van der Waals surface area contributed by atoms with E-state index >= 15 is 0 Å². The molecule has 0 radical (unpaired) electrons. The van der Waals surface area contributed by atoms with Crippen molar-refractivity contribution in [3.8, 4) is 11.8 Å². The minimum atomic E-state index is 0.410. The van der Waals surface area contributed by atoms with E-state index in [2.05, 4.69) is 70.7 Å². The van der Waals surface area contributed by atoms with Crippen molar-refractivity contribution < 1.29 is 0 Å². The summed E-state index contributed by atoms with van der Waals surface area (Å²) in [4.78, 5) is 3.70. The van der Waals surface area contributed by atoms with Gasteiger partial charge in [-0.2, -0.15) is 0 Å². The van der Waals surface area contributed by atoms with E-state index < -0.39 is 0 Å². The zero-order chi connectivity index (χ0) is 17.3. The van der Waals surface area contributed by atoms with Crippen LogP contribution in [0.5, 0.6) is 0 Å². The Morgan fingerprint density at radius 3 is 2.77 bits per heavy atom. The van der Waals surface area contributed by atoms with Crippen LogP contribution in [-0.2, 0) is 13.0 Å². The maximum absolute atomic E-state index is 3.76. The molecule has 2 aliphatic carbocycles. The van der Waals surface area contributed by atoms with E-state index in [1.807, 2.05) is 0 Å². The lowest BCUT2D eigenvalue weighted by atomic mass is 9.91. The molecule has 2 heteroatoms. The molecule has 130 valence electrons. The third kappa shape index (κ3) is 3.16. The van der Waals surface area contributed by atoms with Crippen LogP contribution < -0.4 is 5.32 Å². The van der Waals surface area contributed by atoms with E-state index in [0.717, 1.165) is 12.1 Å². The van der Waals surface area contributed by atoms with Crippen molar-refractivity contribution in [2.24, 2.45) is 5.92 Å². The molecule has 2 aliphatic rings. The van der Waals surface area contributed by atoms with Crippen LogP contribution in [0.3, 0.4) is 0 Å². The summed E-state index contributed by atoms with van der Waals surface area (Å²) in [6.45, 7) is 0.915. The van der Waals surface area contributed by atoms with E-state index in [-0.39, 0.29) is 0 Å². The highest BCUT2D eigenvalue weighted by molar-refractivity contribution is 5.86. The third-order valence-electron chi connectivity index (χ3n) is 5.60. The van der Waals surface area contributed by atoms with Gasteiger partial charge in [0.1, 0.15) is 0 Å². The van der Waals surface area contributed by atoms with E-state index in [1.165, 1.54) is 59.8 Å². The largest absolute Gasteiger partial charge is 0.357 e. The Bertz CT molecular complexity index is 983. The number of rotatable bonds is 3. The maximum Gasteiger partial charge on any atom is 0.0478 e. The molecule has 0 bridgehead atoms. The molecule has 0 saturated heterocycles. The summed E-state index contributed by atoms with van der Waals surface area (Å²) in [5.41, 5.74) is 6.63. The van der Waals surface area contributed by atoms with Gasteiger partial charge >= 0.3 is 0 Å². The van der Waals surface area contributed by atoms with Gasteiger partial charge in [-0.25, -0.2) is 0 Å². The van der Waals surface area contributed by atoms with Crippen LogP contribution in [0.4, 0.5) is 0 Å². The summed E-state index contributed by atoms with van der Waals surface area (Å²) in [5.74, 6) is 7.41. The second kappa shape index (κ2) is 6.67. The Hall–Kier alpha value is -2.50. The number of H-pyrrole nitrogens is 1. The fraction of sp³-hybridized carbons (Fsp3) is 0.333. The molecule has 0 unspecified atom stereocenters. The number of aromatic nitrogens is 1. The van der Waals surface area contributed by atoms with E-state index in [1.54, 1.807) is 0 Å². The molecule has 1 aromatic heterocycles. The zero-order valence-electron chi connectivity index (χ0n) is 15.0. The van der Waals surface area contributed by atoms with Crippen molar-refractivity contribution in [1.82, 2.24) is 10.3 Å². The van der Waals surface area contributed by atoms with Gasteiger partial charge in [0.25, 0.3) is 0 Å². The Labute approximate surface area is 155 Å². The fourth-order valence-corrected chi connectivity index (χ4v) is 3.99. The lowest BCUT2D eigenvalue weighted by molar-refractivity contribution is 0.452. The number of hydrogen-bond acceptors (Lipinski definition) is 1. The van der Waals surface area contributed by atoms with Gasteiger partial charge in [0.15, 0.2) is 0 Å². The van der Waals surface area contributed by atoms with E-state index in [4.69, 9.17) is 0 Å². The summed E-state index contributed by atoms with van der Waals surface area (Å²) in [7, 11) is 0. The van der Waals surface area contributed by atoms with Crippen LogP contribution in [-0.4, -0.2) is 4.98 Å². The molecule has 0 spiro atoms. The molecule has 0 amide bonds. The topological polar surface area (TPSA) is 27.8 Å². The first-order valence-electron chi connectivity index (χ1n) is 9.80. The Balaban J connectivity index is 1.42. The predicted octanol–water partition coefficient (Wildman–Crippen LogP) is 5.10. The lowest BCUT2D eigenvalue weighted by Crippen LogP contribution is -2.24. The zero-order valence-corrected chi connectivity index (χ0v) is 15.0. The first-order chi connectivity index (χ1) is 12.9. The summed E-state index contributed by atoms with van der Waals surface area (Å²) >= 11 is 0. The predicted molar refractivity (Wildman–Crippen MR) is 107 cm³/mol. The van der Waals surface area contributed by atoms with Crippen molar-refractivity contribution in [2.45, 2.75) is 44.7 Å². The van der Waals surface area contributed by atoms with Gasteiger partial charge in [-0.15, -0.1) is 0 Å². The first kappa shape index (κ1) is 15.7. The average Bonchev–Trinajstić information content (AvgIpc) is 3.45. The molecule has 2 nitrogen and oxygen atoms in total. The monoisotopic (exact) mass is 340 g/mol. The number of aryl methyl sites for hydroxylation is 1. The van der Waals surface area contributed by atoms with E-state index in [0.29, 0.717) is 12.0 Å². The number of fused-ring (bicyclic) bond motifs is 3. The van der Waals surface area contributed by atoms with Gasteiger partial charge in [-0.05, 0) is 61.4 Å². The smallest absolute Gasteiger partial charge is 0.0478 e. The second-order valence-electron chi connectivity index (χ2n) is 7.63. The second-order valence-corrected chi connectivity index (χ2v) is 7.63. The lowest BCUT2D eigenvalue weighted by Gasteiger charge is -2.24. The van der Waals surface area contributed by atoms with Crippen molar-refractivity contribution in [1.29, 1.82) is 0 Å². The van der Waals surface area contributed by atoms with Crippen LogP contribution in [0, 0.1) is 17.8 Å². The fourth-order valence-electron chi connectivity index (χ4n) is 3.99. The van der Waals surface area contributed by atoms with Crippen LogP contribution in [0.15, 0.2) is 48.5 Å². The highest BCUT2D eigenvalue weighted by atomic mass is 14.9. The molecule has 5 rings (SSSR count). The molecular weight excluding hydrogens is 316 g/mol. The highest BCUT2D eigenvalue weighted by Gasteiger charge is 2.24. The molecule has 2 N–H and O–H groups in total. The highest BCUT2D eigenvalue weighted by Crippen LogP contribution is 2.35. The van der Waals surface area contributed by atoms with Gasteiger partial charge in [0.05, 0.1) is 0 Å². The Morgan fingerprint density at radius 1 is 1.04 bits per heavy atom. The average molecular weight is 340 g/mol. The molecule has 1 heterocycles. The SMILES string of the molecule is C(#CC1CC1)c1ccc2[nH]c3c(c2c1)CCC[C@H]3NCc1ccccc1. The van der Waals surface area contributed by atoms with Crippen molar-refractivity contribution >= 4 is 10.9 Å². The molecule has 26 heavy (non-hydrogen) atoms. The summed E-state index contributed by atoms with van der Waals surface area (Å²) < 4.78 is 0. The van der Waals surface area contributed by atoms with Gasteiger partial charge < -0.3 is 10.3 Å². The minimum absolute atomic E-state index is 0.410. The van der Waals surface area contributed by atoms with Crippen molar-refractivity contribution in [2.75, 3.05) is 0 Å². The quantitative estimate of drug-likeness (QED) is 0.638. The normalized spacial score (nSPS) is 19.0. The van der Waals surface area contributed by atoms with Gasteiger partial charge in [-0.3, -0.25) is 0 Å². The third-order valence-corrected chi connectivity index (χ3v) is 5.60. The molecule has 0 aliphatic heterocycles. The number of aromatic amines is 1. The Kier molecular flexibility index (Phi) is 4.03. The molecule has 1 saturated carbocycles. The van der Waals surface area contributed by atoms with Crippen LogP contribution in [0.2, 0.25) is 0 Å². The standard InChI is InChI=1S/C24H24N2/c1-2-5-19(6-3-1)16-25-23-8-4-7-20-21-15-18(12-11-17-9-10-17)13-14-22(21)26-24(20)23/h1-3,5-6,13-15,17,23,25-26H,4,7-10,16H2/t23-/m1/s1. The van der Waals surface area contributed by atoms with Gasteiger partial charge in [0, 0.05) is 40.7 Å². The first-order valence-corrected chi connectivity index (χ1v) is 9.80. The molecule has 3 aromatic rings. The molecule has 2 aromatic carbocycles. The van der Waals surface area contributed by atoms with Crippen LogP contribution >= 0.6 is 0 Å². The van der Waals surface area contributed by atoms with Crippen LogP contribution in [0.1, 0.15) is 54.1 Å². The summed E-state index contributed by atoms with van der Waals surface area (Å²) in [6.07, 6.45) is 6.16. The van der Waals surface area contributed by atoms with Gasteiger partial charge in [-0.1, -0.05) is 42.2 Å². The van der Waals surface area contributed by atoms with Gasteiger partial charge in [0.2, 0.25) is 0 Å². The van der Waals surface area contributed by atoms with Crippen molar-refractivity contribution in [3.63, 3.8) is 0 Å². The molecular formula is C24H24N2. The van der Waals surface area contributed by atoms with E-state index in [9.17, 15) is 0 Å². The molecule has 1 atom stereocenters. The van der Waals surface area contributed by atoms with Crippen molar-refractivity contribution in [3.05, 3.63) is 70.9 Å². The number of benzene rings is 2. The summed E-state index contributed by atoms with van der Waals surface area (Å²) in [5, 5.41) is 5.13. The number of nitrogens with one attached hydrogen (secondary N) is 2. The summed E-state index contributed by atoms with van der Waals surface area (Å²) in [6, 6.07) is 17.7. The molecule has 1 fully saturated rings. The minimum Gasteiger partial charge on any atom is -0.357 e. The van der Waals surface area contributed by atoms with Crippen LogP contribution in [0.25, 0.3) is 10.9 Å². The number of hydrogen-bond donors (Lipinski definition) is 2. The maximum atomic E-state index is 3.76. The Morgan fingerprint density at radius 2 is 1.92 bits per heavy atom.